The Morgan fingerprint density at radius 3 is 2.48 bits per heavy atom. The molecule has 0 fully saturated rings. The Labute approximate surface area is 129 Å². The lowest BCUT2D eigenvalue weighted by atomic mass is 10.1. The van der Waals surface area contributed by atoms with Crippen LogP contribution < -0.4 is 15.4 Å². The number of nitrogens with one attached hydrogen (secondary N) is 2. The molecule has 1 atom stereocenters. The monoisotopic (exact) mass is 310 g/mol. The van der Waals surface area contributed by atoms with Crippen LogP contribution in [0.1, 0.15) is 23.7 Å². The summed E-state index contributed by atoms with van der Waals surface area (Å²) in [7, 11) is 1.57. The Morgan fingerprint density at radius 2 is 1.95 bits per heavy atom. The molecule has 0 aromatic heterocycles. The summed E-state index contributed by atoms with van der Waals surface area (Å²) >= 11 is 1.65. The van der Waals surface area contributed by atoms with Crippen LogP contribution in [-0.4, -0.2) is 43.5 Å². The van der Waals surface area contributed by atoms with Crippen molar-refractivity contribution in [2.45, 2.75) is 19.4 Å². The van der Waals surface area contributed by atoms with Crippen molar-refractivity contribution < 1.29 is 14.3 Å². The van der Waals surface area contributed by atoms with Gasteiger partial charge in [-0.2, -0.15) is 11.8 Å². The lowest BCUT2D eigenvalue weighted by Gasteiger charge is -2.17. The number of benzene rings is 1. The molecule has 6 heteroatoms. The van der Waals surface area contributed by atoms with E-state index < -0.39 is 6.04 Å². The molecule has 2 N–H and O–H groups in total. The number of likely N-dealkylation sites (N-methyl/N-ethyl adjacent to an activating group) is 1. The quantitative estimate of drug-likeness (QED) is 0.767. The standard InChI is InChI=1S/C15H22N2O3S/c1-4-16-15(19)13(9-10-21-3)17-14(18)11-5-7-12(20-2)8-6-11/h5-8,13H,4,9-10H2,1-3H3,(H,16,19)(H,17,18). The number of amides is 2. The van der Waals surface area contributed by atoms with Crippen LogP contribution in [0.15, 0.2) is 24.3 Å². The second-order valence-electron chi connectivity index (χ2n) is 4.43. The average Bonchev–Trinajstić information content (AvgIpc) is 2.51. The Morgan fingerprint density at radius 1 is 1.29 bits per heavy atom. The van der Waals surface area contributed by atoms with Crippen molar-refractivity contribution in [2.24, 2.45) is 0 Å². The largest absolute Gasteiger partial charge is 0.497 e. The summed E-state index contributed by atoms with van der Waals surface area (Å²) in [6, 6.07) is 6.29. The van der Waals surface area contributed by atoms with Crippen LogP contribution in [0.25, 0.3) is 0 Å². The molecule has 21 heavy (non-hydrogen) atoms. The summed E-state index contributed by atoms with van der Waals surface area (Å²) in [6.07, 6.45) is 2.58. The average molecular weight is 310 g/mol. The highest BCUT2D eigenvalue weighted by Gasteiger charge is 2.20. The summed E-state index contributed by atoms with van der Waals surface area (Å²) in [5.41, 5.74) is 0.509. The normalized spacial score (nSPS) is 11.6. The SMILES string of the molecule is CCNC(=O)C(CCSC)NC(=O)c1ccc(OC)cc1. The molecule has 0 bridgehead atoms. The highest BCUT2D eigenvalue weighted by Crippen LogP contribution is 2.11. The van der Waals surface area contributed by atoms with E-state index in [9.17, 15) is 9.59 Å². The number of carbonyl (C=O) groups excluding carboxylic acids is 2. The molecule has 0 spiro atoms. The van der Waals surface area contributed by atoms with Gasteiger partial charge in [0.05, 0.1) is 7.11 Å². The van der Waals surface area contributed by atoms with Gasteiger partial charge in [-0.25, -0.2) is 0 Å². The maximum absolute atomic E-state index is 12.2. The van der Waals surface area contributed by atoms with Crippen LogP contribution in [0.2, 0.25) is 0 Å². The van der Waals surface area contributed by atoms with Gasteiger partial charge in [-0.05, 0) is 49.6 Å². The lowest BCUT2D eigenvalue weighted by molar-refractivity contribution is -0.122. The van der Waals surface area contributed by atoms with Crippen LogP contribution in [0.5, 0.6) is 5.75 Å². The maximum Gasteiger partial charge on any atom is 0.251 e. The van der Waals surface area contributed by atoms with Crippen LogP contribution in [0.4, 0.5) is 0 Å². The first-order valence-corrected chi connectivity index (χ1v) is 8.23. The fourth-order valence-electron chi connectivity index (χ4n) is 1.79. The Hall–Kier alpha value is -1.69. The Balaban J connectivity index is 2.71. The van der Waals surface area contributed by atoms with E-state index in [0.29, 0.717) is 24.3 Å². The molecule has 1 aromatic rings. The molecule has 0 aliphatic heterocycles. The predicted molar refractivity (Wildman–Crippen MR) is 85.9 cm³/mol. The third-order valence-corrected chi connectivity index (χ3v) is 3.58. The summed E-state index contributed by atoms with van der Waals surface area (Å²) in [5, 5.41) is 5.53. The Kier molecular flexibility index (Phi) is 7.68. The molecule has 116 valence electrons. The number of ether oxygens (including phenoxy) is 1. The first-order valence-electron chi connectivity index (χ1n) is 6.84. The zero-order chi connectivity index (χ0) is 15.7. The fourth-order valence-corrected chi connectivity index (χ4v) is 2.26. The molecule has 5 nitrogen and oxygen atoms in total. The van der Waals surface area contributed by atoms with Gasteiger partial charge in [0, 0.05) is 12.1 Å². The third-order valence-electron chi connectivity index (χ3n) is 2.94. The van der Waals surface area contributed by atoms with Crippen LogP contribution >= 0.6 is 11.8 Å². The van der Waals surface area contributed by atoms with Crippen molar-refractivity contribution in [1.29, 1.82) is 0 Å². The molecule has 0 saturated carbocycles. The van der Waals surface area contributed by atoms with Gasteiger partial charge in [0.1, 0.15) is 11.8 Å². The summed E-state index contributed by atoms with van der Waals surface area (Å²) in [5.74, 6) is 1.10. The maximum atomic E-state index is 12.2. The molecule has 1 unspecified atom stereocenters. The topological polar surface area (TPSA) is 67.4 Å². The number of methoxy groups -OCH3 is 1. The Bertz CT molecular complexity index is 462. The number of hydrogen-bond acceptors (Lipinski definition) is 4. The first-order chi connectivity index (χ1) is 10.1. The van der Waals surface area contributed by atoms with Crippen LogP contribution in [0.3, 0.4) is 0 Å². The predicted octanol–water partition coefficient (Wildman–Crippen LogP) is 1.68. The molecule has 0 aliphatic rings. The molecular formula is C15H22N2O3S. The van der Waals surface area contributed by atoms with Crippen molar-refractivity contribution in [3.63, 3.8) is 0 Å². The molecule has 0 aliphatic carbocycles. The molecule has 2 amide bonds. The van der Waals surface area contributed by atoms with E-state index >= 15 is 0 Å². The zero-order valence-corrected chi connectivity index (χ0v) is 13.5. The zero-order valence-electron chi connectivity index (χ0n) is 12.6. The molecule has 0 radical (unpaired) electrons. The second-order valence-corrected chi connectivity index (χ2v) is 5.42. The lowest BCUT2D eigenvalue weighted by Crippen LogP contribution is -2.47. The minimum atomic E-state index is -0.507. The highest BCUT2D eigenvalue weighted by atomic mass is 32.2. The summed E-state index contributed by atoms with van der Waals surface area (Å²) in [4.78, 5) is 24.1. The first kappa shape index (κ1) is 17.4. The van der Waals surface area contributed by atoms with Crippen LogP contribution in [-0.2, 0) is 4.79 Å². The van der Waals surface area contributed by atoms with E-state index in [1.54, 1.807) is 43.1 Å². The van der Waals surface area contributed by atoms with E-state index in [-0.39, 0.29) is 11.8 Å². The molecular weight excluding hydrogens is 288 g/mol. The van der Waals surface area contributed by atoms with E-state index in [1.807, 2.05) is 13.2 Å². The van der Waals surface area contributed by atoms with Crippen molar-refractivity contribution in [3.05, 3.63) is 29.8 Å². The molecule has 0 heterocycles. The molecule has 1 aromatic carbocycles. The van der Waals surface area contributed by atoms with Crippen molar-refractivity contribution in [1.82, 2.24) is 10.6 Å². The van der Waals surface area contributed by atoms with Crippen molar-refractivity contribution in [2.75, 3.05) is 25.7 Å². The number of thioether (sulfide) groups is 1. The smallest absolute Gasteiger partial charge is 0.251 e. The number of carbonyl (C=O) groups is 2. The van der Waals surface area contributed by atoms with E-state index in [1.165, 1.54) is 0 Å². The van der Waals surface area contributed by atoms with E-state index in [0.717, 1.165) is 5.75 Å². The van der Waals surface area contributed by atoms with Gasteiger partial charge in [0.25, 0.3) is 5.91 Å². The minimum absolute atomic E-state index is 0.145. The molecule has 0 saturated heterocycles. The van der Waals surface area contributed by atoms with Gasteiger partial charge in [-0.15, -0.1) is 0 Å². The van der Waals surface area contributed by atoms with Gasteiger partial charge in [-0.3, -0.25) is 9.59 Å². The second kappa shape index (κ2) is 9.28. The number of rotatable bonds is 8. The minimum Gasteiger partial charge on any atom is -0.497 e. The fraction of sp³-hybridized carbons (Fsp3) is 0.467. The molecule has 1 rings (SSSR count). The van der Waals surface area contributed by atoms with Gasteiger partial charge in [-0.1, -0.05) is 0 Å². The van der Waals surface area contributed by atoms with Gasteiger partial charge in [0.15, 0.2) is 0 Å². The third kappa shape index (κ3) is 5.67. The highest BCUT2D eigenvalue weighted by molar-refractivity contribution is 7.98. The summed E-state index contributed by atoms with van der Waals surface area (Å²) in [6.45, 7) is 2.40. The van der Waals surface area contributed by atoms with Crippen LogP contribution in [0, 0.1) is 0 Å². The van der Waals surface area contributed by atoms with Gasteiger partial charge >= 0.3 is 0 Å². The van der Waals surface area contributed by atoms with E-state index in [2.05, 4.69) is 10.6 Å². The van der Waals surface area contributed by atoms with E-state index in [4.69, 9.17) is 4.74 Å². The number of hydrogen-bond donors (Lipinski definition) is 2. The van der Waals surface area contributed by atoms with Crippen molar-refractivity contribution in [3.8, 4) is 5.75 Å². The van der Waals surface area contributed by atoms with Gasteiger partial charge < -0.3 is 15.4 Å². The summed E-state index contributed by atoms with van der Waals surface area (Å²) < 4.78 is 5.05. The van der Waals surface area contributed by atoms with Gasteiger partial charge in [0.2, 0.25) is 5.91 Å². The van der Waals surface area contributed by atoms with Crippen molar-refractivity contribution >= 4 is 23.6 Å².